The molecule has 31 heavy (non-hydrogen) atoms. The van der Waals surface area contributed by atoms with E-state index in [0.29, 0.717) is 17.2 Å². The standard InChI is InChI=1S/C23H33N3O4S/c1-15(2)20-14-21(16(3)13-22(20)30-8)17(4)24-23(27)18-9-11-19(12-10-18)26(7)31(28,29)25(5)6/h9-15,17H,1-8H3,(H,24,27). The molecule has 1 amide bonds. The fourth-order valence-electron chi connectivity index (χ4n) is 3.37. The van der Waals surface area contributed by atoms with Crippen LogP contribution in [0.1, 0.15) is 59.8 Å². The maximum Gasteiger partial charge on any atom is 0.303 e. The number of nitrogens with one attached hydrogen (secondary N) is 1. The van der Waals surface area contributed by atoms with Gasteiger partial charge >= 0.3 is 10.2 Å². The molecule has 0 spiro atoms. The Morgan fingerprint density at radius 2 is 1.58 bits per heavy atom. The van der Waals surface area contributed by atoms with Crippen molar-refractivity contribution in [2.75, 3.05) is 32.6 Å². The third-order valence-electron chi connectivity index (χ3n) is 5.36. The zero-order chi connectivity index (χ0) is 23.5. The summed E-state index contributed by atoms with van der Waals surface area (Å²) in [5, 5.41) is 3.03. The van der Waals surface area contributed by atoms with Gasteiger partial charge in [0.15, 0.2) is 0 Å². The van der Waals surface area contributed by atoms with Gasteiger partial charge in [0, 0.05) is 26.7 Å². The third kappa shape index (κ3) is 5.37. The minimum atomic E-state index is -3.58. The molecule has 0 saturated carbocycles. The Morgan fingerprint density at radius 1 is 1.00 bits per heavy atom. The first kappa shape index (κ1) is 24.7. The van der Waals surface area contributed by atoms with Crippen LogP contribution in [0.15, 0.2) is 36.4 Å². The Kier molecular flexibility index (Phi) is 7.72. The number of aryl methyl sites for hydroxylation is 1. The zero-order valence-corrected chi connectivity index (χ0v) is 20.4. The van der Waals surface area contributed by atoms with E-state index in [2.05, 4.69) is 25.2 Å². The number of hydrogen-bond donors (Lipinski definition) is 1. The van der Waals surface area contributed by atoms with E-state index in [1.54, 1.807) is 31.4 Å². The van der Waals surface area contributed by atoms with Crippen LogP contribution in [0.3, 0.4) is 0 Å². The van der Waals surface area contributed by atoms with Crippen molar-refractivity contribution in [3.63, 3.8) is 0 Å². The quantitative estimate of drug-likeness (QED) is 0.666. The van der Waals surface area contributed by atoms with Gasteiger partial charge in [-0.3, -0.25) is 9.10 Å². The Balaban J connectivity index is 2.21. The van der Waals surface area contributed by atoms with Gasteiger partial charge in [-0.15, -0.1) is 0 Å². The highest BCUT2D eigenvalue weighted by Gasteiger charge is 2.22. The number of amides is 1. The number of hydrogen-bond acceptors (Lipinski definition) is 4. The smallest absolute Gasteiger partial charge is 0.303 e. The molecular weight excluding hydrogens is 414 g/mol. The molecule has 0 radical (unpaired) electrons. The van der Waals surface area contributed by atoms with Crippen LogP contribution < -0.4 is 14.4 Å². The summed E-state index contributed by atoms with van der Waals surface area (Å²) in [6, 6.07) is 10.4. The van der Waals surface area contributed by atoms with Gasteiger partial charge in [0.2, 0.25) is 0 Å². The van der Waals surface area contributed by atoms with Crippen LogP contribution in [0.5, 0.6) is 5.75 Å². The number of ether oxygens (including phenoxy) is 1. The molecule has 1 unspecified atom stereocenters. The summed E-state index contributed by atoms with van der Waals surface area (Å²) in [6.45, 7) is 8.16. The van der Waals surface area contributed by atoms with Crippen LogP contribution >= 0.6 is 0 Å². The number of anilines is 1. The predicted molar refractivity (Wildman–Crippen MR) is 125 cm³/mol. The van der Waals surface area contributed by atoms with E-state index in [1.807, 2.05) is 19.9 Å². The van der Waals surface area contributed by atoms with E-state index in [4.69, 9.17) is 4.74 Å². The molecule has 2 aromatic carbocycles. The topological polar surface area (TPSA) is 79.0 Å². The molecule has 0 aliphatic rings. The summed E-state index contributed by atoms with van der Waals surface area (Å²) in [5.41, 5.74) is 4.11. The van der Waals surface area contributed by atoms with Crippen molar-refractivity contribution in [2.45, 2.75) is 39.7 Å². The van der Waals surface area contributed by atoms with Crippen LogP contribution in [0.4, 0.5) is 5.69 Å². The lowest BCUT2D eigenvalue weighted by molar-refractivity contribution is 0.0940. The summed E-state index contributed by atoms with van der Waals surface area (Å²) in [5.74, 6) is 0.917. The van der Waals surface area contributed by atoms with Crippen LogP contribution in [-0.4, -0.2) is 46.9 Å². The van der Waals surface area contributed by atoms with Gasteiger partial charge in [-0.1, -0.05) is 13.8 Å². The zero-order valence-electron chi connectivity index (χ0n) is 19.6. The van der Waals surface area contributed by atoms with E-state index >= 15 is 0 Å². The van der Waals surface area contributed by atoms with Crippen molar-refractivity contribution in [3.8, 4) is 5.75 Å². The first-order valence-electron chi connectivity index (χ1n) is 10.2. The molecule has 2 aromatic rings. The van der Waals surface area contributed by atoms with E-state index in [9.17, 15) is 13.2 Å². The number of carbonyl (C=O) groups is 1. The fraction of sp³-hybridized carbons (Fsp3) is 0.435. The number of rotatable bonds is 8. The van der Waals surface area contributed by atoms with Crippen molar-refractivity contribution in [2.24, 2.45) is 0 Å². The first-order valence-corrected chi connectivity index (χ1v) is 11.6. The largest absolute Gasteiger partial charge is 0.496 e. The average Bonchev–Trinajstić information content (AvgIpc) is 2.72. The van der Waals surface area contributed by atoms with Crippen LogP contribution in [0.2, 0.25) is 0 Å². The summed E-state index contributed by atoms with van der Waals surface area (Å²) < 4.78 is 32.4. The summed E-state index contributed by atoms with van der Waals surface area (Å²) in [6.07, 6.45) is 0. The molecular formula is C23H33N3O4S. The highest BCUT2D eigenvalue weighted by molar-refractivity contribution is 7.90. The Hall–Kier alpha value is -2.58. The third-order valence-corrected chi connectivity index (χ3v) is 7.18. The molecule has 1 N–H and O–H groups in total. The SMILES string of the molecule is COc1cc(C)c(C(C)NC(=O)c2ccc(N(C)S(=O)(=O)N(C)C)cc2)cc1C(C)C. The maximum atomic E-state index is 12.8. The first-order chi connectivity index (χ1) is 14.4. The molecule has 1 atom stereocenters. The van der Waals surface area contributed by atoms with Gasteiger partial charge in [0.1, 0.15) is 5.75 Å². The Labute approximate surface area is 186 Å². The minimum absolute atomic E-state index is 0.202. The molecule has 0 aliphatic carbocycles. The molecule has 2 rings (SSSR count). The van der Waals surface area contributed by atoms with Crippen LogP contribution in [-0.2, 0) is 10.2 Å². The van der Waals surface area contributed by atoms with Gasteiger partial charge in [0.25, 0.3) is 5.91 Å². The molecule has 0 saturated heterocycles. The van der Waals surface area contributed by atoms with Gasteiger partial charge in [-0.2, -0.15) is 12.7 Å². The van der Waals surface area contributed by atoms with Crippen LogP contribution in [0, 0.1) is 6.92 Å². The Bertz CT molecular complexity index is 1030. The highest BCUT2D eigenvalue weighted by Crippen LogP contribution is 2.32. The van der Waals surface area contributed by atoms with Crippen molar-refractivity contribution in [1.29, 1.82) is 0 Å². The normalized spacial score (nSPS) is 12.7. The van der Waals surface area contributed by atoms with Gasteiger partial charge < -0.3 is 10.1 Å². The van der Waals surface area contributed by atoms with Gasteiger partial charge in [-0.25, -0.2) is 0 Å². The molecule has 0 fully saturated rings. The molecule has 7 nitrogen and oxygen atoms in total. The van der Waals surface area contributed by atoms with E-state index < -0.39 is 10.2 Å². The molecule has 0 aliphatic heterocycles. The Morgan fingerprint density at radius 3 is 2.06 bits per heavy atom. The second kappa shape index (κ2) is 9.70. The molecule has 8 heteroatoms. The fourth-order valence-corrected chi connectivity index (χ4v) is 4.25. The molecule has 0 heterocycles. The summed E-state index contributed by atoms with van der Waals surface area (Å²) in [7, 11) is 2.50. The van der Waals surface area contributed by atoms with E-state index in [1.165, 1.54) is 25.4 Å². The van der Waals surface area contributed by atoms with Crippen LogP contribution in [0.25, 0.3) is 0 Å². The molecule has 170 valence electrons. The van der Waals surface area contributed by atoms with Crippen molar-refractivity contribution < 1.29 is 17.9 Å². The number of methoxy groups -OCH3 is 1. The highest BCUT2D eigenvalue weighted by atomic mass is 32.2. The second-order valence-corrected chi connectivity index (χ2v) is 10.3. The maximum absolute atomic E-state index is 12.8. The summed E-state index contributed by atoms with van der Waals surface area (Å²) in [4.78, 5) is 12.8. The van der Waals surface area contributed by atoms with Crippen molar-refractivity contribution >= 4 is 21.8 Å². The predicted octanol–water partition coefficient (Wildman–Crippen LogP) is 3.86. The molecule has 0 bridgehead atoms. The number of nitrogens with zero attached hydrogens (tertiary/aromatic N) is 2. The number of carbonyl (C=O) groups excluding carboxylic acids is 1. The lowest BCUT2D eigenvalue weighted by Gasteiger charge is -2.23. The van der Waals surface area contributed by atoms with E-state index in [-0.39, 0.29) is 11.9 Å². The second-order valence-electron chi connectivity index (χ2n) is 8.11. The summed E-state index contributed by atoms with van der Waals surface area (Å²) >= 11 is 0. The lowest BCUT2D eigenvalue weighted by atomic mass is 9.93. The number of benzene rings is 2. The van der Waals surface area contributed by atoms with E-state index in [0.717, 1.165) is 26.7 Å². The minimum Gasteiger partial charge on any atom is -0.496 e. The van der Waals surface area contributed by atoms with Gasteiger partial charge in [0.05, 0.1) is 18.8 Å². The molecule has 0 aromatic heterocycles. The average molecular weight is 448 g/mol. The van der Waals surface area contributed by atoms with Crippen molar-refractivity contribution in [3.05, 3.63) is 58.7 Å². The lowest BCUT2D eigenvalue weighted by Crippen LogP contribution is -2.37. The monoisotopic (exact) mass is 447 g/mol. The van der Waals surface area contributed by atoms with Crippen molar-refractivity contribution in [1.82, 2.24) is 9.62 Å². The van der Waals surface area contributed by atoms with Gasteiger partial charge in [-0.05, 0) is 72.9 Å².